The molecule has 3 aromatic heterocycles. The van der Waals surface area contributed by atoms with E-state index < -0.39 is 0 Å². The molecule has 154 valence electrons. The maximum Gasteiger partial charge on any atom is 0.272 e. The molecule has 1 aliphatic rings. The standard InChI is InChI=1S/C23H21N7O/c31-23(20-8-7-17-4-1-2-6-19(17)26-20)30-14-12-29(13-15-30)22-10-9-21(27-28-22)25-18-5-3-11-24-16-18/h1-11,16H,12-15H2,(H,25,27). The monoisotopic (exact) mass is 411 g/mol. The van der Waals surface area contributed by atoms with Crippen LogP contribution in [-0.2, 0) is 0 Å². The highest BCUT2D eigenvalue weighted by Gasteiger charge is 2.24. The van der Waals surface area contributed by atoms with Crippen molar-refractivity contribution < 1.29 is 4.79 Å². The quantitative estimate of drug-likeness (QED) is 0.552. The second-order valence-corrected chi connectivity index (χ2v) is 7.31. The Morgan fingerprint density at radius 1 is 0.871 bits per heavy atom. The van der Waals surface area contributed by atoms with Gasteiger partial charge in [0.15, 0.2) is 11.6 Å². The summed E-state index contributed by atoms with van der Waals surface area (Å²) < 4.78 is 0. The fraction of sp³-hybridized carbons (Fsp3) is 0.174. The van der Waals surface area contributed by atoms with E-state index in [2.05, 4.69) is 30.4 Å². The Hall–Kier alpha value is -4.07. The van der Waals surface area contributed by atoms with Gasteiger partial charge in [0, 0.05) is 37.8 Å². The molecular weight excluding hydrogens is 390 g/mol. The SMILES string of the molecule is O=C(c1ccc2ccccc2n1)N1CCN(c2ccc(Nc3cccnc3)nn2)CC1. The van der Waals surface area contributed by atoms with E-state index in [1.54, 1.807) is 18.5 Å². The van der Waals surface area contributed by atoms with Crippen LogP contribution >= 0.6 is 0 Å². The molecule has 0 atom stereocenters. The number of aromatic nitrogens is 4. The number of amides is 1. The lowest BCUT2D eigenvalue weighted by molar-refractivity contribution is 0.0741. The zero-order valence-electron chi connectivity index (χ0n) is 16.8. The number of anilines is 3. The third-order valence-electron chi connectivity index (χ3n) is 5.29. The van der Waals surface area contributed by atoms with E-state index in [4.69, 9.17) is 0 Å². The lowest BCUT2D eigenvalue weighted by Crippen LogP contribution is -2.49. The van der Waals surface area contributed by atoms with Gasteiger partial charge in [-0.1, -0.05) is 24.3 Å². The minimum atomic E-state index is -0.0347. The zero-order valence-corrected chi connectivity index (χ0v) is 16.8. The largest absolute Gasteiger partial charge is 0.352 e. The normalized spacial score (nSPS) is 13.9. The summed E-state index contributed by atoms with van der Waals surface area (Å²) in [7, 11) is 0. The van der Waals surface area contributed by atoms with Gasteiger partial charge in [-0.15, -0.1) is 10.2 Å². The highest BCUT2D eigenvalue weighted by molar-refractivity contribution is 5.95. The summed E-state index contributed by atoms with van der Waals surface area (Å²) >= 11 is 0. The van der Waals surface area contributed by atoms with Crippen molar-refractivity contribution in [3.8, 4) is 0 Å². The zero-order chi connectivity index (χ0) is 21.0. The summed E-state index contributed by atoms with van der Waals surface area (Å²) in [5.41, 5.74) is 2.18. The molecule has 8 heteroatoms. The van der Waals surface area contributed by atoms with Gasteiger partial charge >= 0.3 is 0 Å². The molecule has 4 aromatic rings. The fourth-order valence-corrected chi connectivity index (χ4v) is 3.63. The lowest BCUT2D eigenvalue weighted by Gasteiger charge is -2.35. The molecule has 1 aromatic carbocycles. The van der Waals surface area contributed by atoms with Crippen LogP contribution < -0.4 is 10.2 Å². The fourth-order valence-electron chi connectivity index (χ4n) is 3.63. The van der Waals surface area contributed by atoms with E-state index in [9.17, 15) is 4.79 Å². The van der Waals surface area contributed by atoms with Crippen molar-refractivity contribution in [3.63, 3.8) is 0 Å². The number of piperazine rings is 1. The Balaban J connectivity index is 1.21. The summed E-state index contributed by atoms with van der Waals surface area (Å²) in [5.74, 6) is 1.42. The van der Waals surface area contributed by atoms with Gasteiger partial charge in [0.2, 0.25) is 0 Å². The molecule has 1 fully saturated rings. The molecule has 1 N–H and O–H groups in total. The Labute approximate surface area is 179 Å². The van der Waals surface area contributed by atoms with Gasteiger partial charge in [0.25, 0.3) is 5.91 Å². The van der Waals surface area contributed by atoms with E-state index in [1.807, 2.05) is 59.5 Å². The number of nitrogens with one attached hydrogen (secondary N) is 1. The van der Waals surface area contributed by atoms with Gasteiger partial charge < -0.3 is 15.1 Å². The van der Waals surface area contributed by atoms with Crippen LogP contribution in [0.1, 0.15) is 10.5 Å². The first-order valence-corrected chi connectivity index (χ1v) is 10.2. The van der Waals surface area contributed by atoms with Crippen LogP contribution in [0.15, 0.2) is 73.1 Å². The number of rotatable bonds is 4. The van der Waals surface area contributed by atoms with Crippen LogP contribution in [0.3, 0.4) is 0 Å². The van der Waals surface area contributed by atoms with Crippen molar-refractivity contribution in [1.82, 2.24) is 25.1 Å². The number of para-hydroxylation sites is 1. The molecule has 0 aliphatic carbocycles. The third-order valence-corrected chi connectivity index (χ3v) is 5.29. The summed E-state index contributed by atoms with van der Waals surface area (Å²) in [5, 5.41) is 12.8. The van der Waals surface area contributed by atoms with Crippen molar-refractivity contribution in [3.05, 3.63) is 78.8 Å². The maximum absolute atomic E-state index is 12.9. The van der Waals surface area contributed by atoms with Gasteiger partial charge in [-0.3, -0.25) is 9.78 Å². The number of pyridine rings is 2. The summed E-state index contributed by atoms with van der Waals surface area (Å²) in [6, 6.07) is 19.2. The predicted octanol–water partition coefficient (Wildman–Crippen LogP) is 3.13. The Morgan fingerprint density at radius 3 is 2.52 bits per heavy atom. The second kappa shape index (κ2) is 8.35. The smallest absolute Gasteiger partial charge is 0.272 e. The van der Waals surface area contributed by atoms with E-state index in [0.717, 1.165) is 22.4 Å². The van der Waals surface area contributed by atoms with Crippen LogP contribution in [0, 0.1) is 0 Å². The molecule has 31 heavy (non-hydrogen) atoms. The molecule has 4 heterocycles. The molecular formula is C23H21N7O. The molecule has 1 amide bonds. The highest BCUT2D eigenvalue weighted by Crippen LogP contribution is 2.18. The van der Waals surface area contributed by atoms with E-state index in [0.29, 0.717) is 37.7 Å². The number of hydrogen-bond acceptors (Lipinski definition) is 7. The van der Waals surface area contributed by atoms with Crippen LogP contribution in [0.25, 0.3) is 10.9 Å². The number of hydrogen-bond donors (Lipinski definition) is 1. The van der Waals surface area contributed by atoms with Crippen LogP contribution in [0.2, 0.25) is 0 Å². The Kier molecular flexibility index (Phi) is 5.10. The topological polar surface area (TPSA) is 87.1 Å². The first-order chi connectivity index (χ1) is 15.3. The Morgan fingerprint density at radius 2 is 1.74 bits per heavy atom. The summed E-state index contributed by atoms with van der Waals surface area (Å²) in [4.78, 5) is 25.5. The molecule has 0 unspecified atom stereocenters. The second-order valence-electron chi connectivity index (χ2n) is 7.31. The number of carbonyl (C=O) groups is 1. The minimum Gasteiger partial charge on any atom is -0.352 e. The molecule has 0 saturated carbocycles. The molecule has 1 aliphatic heterocycles. The van der Waals surface area contributed by atoms with Gasteiger partial charge in [-0.05, 0) is 36.4 Å². The van der Waals surface area contributed by atoms with Crippen LogP contribution in [0.5, 0.6) is 0 Å². The van der Waals surface area contributed by atoms with Crippen molar-refractivity contribution in [2.75, 3.05) is 36.4 Å². The molecule has 1 saturated heterocycles. The Bertz CT molecular complexity index is 1190. The number of fused-ring (bicyclic) bond motifs is 1. The molecule has 5 rings (SSSR count). The summed E-state index contributed by atoms with van der Waals surface area (Å²) in [6.07, 6.45) is 3.45. The first-order valence-electron chi connectivity index (χ1n) is 10.2. The maximum atomic E-state index is 12.9. The van der Waals surface area contributed by atoms with Crippen molar-refractivity contribution in [1.29, 1.82) is 0 Å². The molecule has 0 bridgehead atoms. The number of carbonyl (C=O) groups excluding carboxylic acids is 1. The van der Waals surface area contributed by atoms with E-state index in [1.165, 1.54) is 0 Å². The van der Waals surface area contributed by atoms with Gasteiger partial charge in [-0.25, -0.2) is 4.98 Å². The molecule has 0 radical (unpaired) electrons. The number of nitrogens with zero attached hydrogens (tertiary/aromatic N) is 6. The first kappa shape index (κ1) is 18.9. The average Bonchev–Trinajstić information content (AvgIpc) is 2.84. The lowest BCUT2D eigenvalue weighted by atomic mass is 10.2. The highest BCUT2D eigenvalue weighted by atomic mass is 16.2. The third kappa shape index (κ3) is 4.13. The van der Waals surface area contributed by atoms with E-state index >= 15 is 0 Å². The van der Waals surface area contributed by atoms with Gasteiger partial charge in [0.1, 0.15) is 5.69 Å². The predicted molar refractivity (Wildman–Crippen MR) is 119 cm³/mol. The van der Waals surface area contributed by atoms with E-state index in [-0.39, 0.29) is 5.91 Å². The van der Waals surface area contributed by atoms with Crippen LogP contribution in [0.4, 0.5) is 17.3 Å². The number of benzene rings is 1. The van der Waals surface area contributed by atoms with Crippen molar-refractivity contribution in [2.45, 2.75) is 0 Å². The van der Waals surface area contributed by atoms with Crippen LogP contribution in [-0.4, -0.2) is 57.2 Å². The molecule has 8 nitrogen and oxygen atoms in total. The minimum absolute atomic E-state index is 0.0347. The van der Waals surface area contributed by atoms with Gasteiger partial charge in [0.05, 0.1) is 17.4 Å². The summed E-state index contributed by atoms with van der Waals surface area (Å²) in [6.45, 7) is 2.63. The van der Waals surface area contributed by atoms with Crippen molar-refractivity contribution in [2.24, 2.45) is 0 Å². The van der Waals surface area contributed by atoms with Gasteiger partial charge in [-0.2, -0.15) is 0 Å². The van der Waals surface area contributed by atoms with Crippen molar-refractivity contribution >= 4 is 34.1 Å². The average molecular weight is 411 g/mol. The molecule has 0 spiro atoms.